The Morgan fingerprint density at radius 1 is 1.40 bits per heavy atom. The Balaban J connectivity index is 1.97. The van der Waals surface area contributed by atoms with Crippen molar-refractivity contribution in [3.8, 4) is 0 Å². The first-order valence-corrected chi connectivity index (χ1v) is 5.91. The fourth-order valence-corrected chi connectivity index (χ4v) is 2.56. The average molecular weight is 208 g/mol. The van der Waals surface area contributed by atoms with Crippen molar-refractivity contribution in [3.63, 3.8) is 0 Å². The van der Waals surface area contributed by atoms with Crippen LogP contribution in [-0.4, -0.2) is 11.2 Å². The zero-order chi connectivity index (χ0) is 10.7. The quantitative estimate of drug-likeness (QED) is 0.827. The maximum atomic E-state index is 10.2. The zero-order valence-corrected chi connectivity index (χ0v) is 9.41. The van der Waals surface area contributed by atoms with Gasteiger partial charge in [-0.1, -0.05) is 26.2 Å². The van der Waals surface area contributed by atoms with Crippen LogP contribution in [0.5, 0.6) is 0 Å². The molecule has 15 heavy (non-hydrogen) atoms. The van der Waals surface area contributed by atoms with E-state index < -0.39 is 0 Å². The van der Waals surface area contributed by atoms with Crippen LogP contribution in [0.2, 0.25) is 0 Å². The molecule has 2 heteroatoms. The van der Waals surface area contributed by atoms with Gasteiger partial charge in [-0.3, -0.25) is 0 Å². The average Bonchev–Trinajstić information content (AvgIpc) is 2.71. The normalized spacial score (nSPS) is 22.5. The summed E-state index contributed by atoms with van der Waals surface area (Å²) in [6.45, 7) is 2.21. The molecular weight excluding hydrogens is 188 g/mol. The number of aliphatic hydroxyl groups excluding tert-OH is 1. The van der Waals surface area contributed by atoms with Crippen molar-refractivity contribution in [3.05, 3.63) is 24.2 Å². The molecular formula is C13H20O2. The van der Waals surface area contributed by atoms with Crippen molar-refractivity contribution in [1.29, 1.82) is 0 Å². The van der Waals surface area contributed by atoms with Gasteiger partial charge in [-0.15, -0.1) is 0 Å². The van der Waals surface area contributed by atoms with Crippen LogP contribution in [0.3, 0.4) is 0 Å². The molecule has 1 unspecified atom stereocenters. The first kappa shape index (κ1) is 10.7. The molecule has 0 bridgehead atoms. The third-order valence-electron chi connectivity index (χ3n) is 3.77. The molecule has 0 amide bonds. The van der Waals surface area contributed by atoms with E-state index in [0.29, 0.717) is 6.42 Å². The van der Waals surface area contributed by atoms with Crippen molar-refractivity contribution in [1.82, 2.24) is 0 Å². The minimum atomic E-state index is -0.260. The van der Waals surface area contributed by atoms with E-state index in [9.17, 15) is 5.11 Å². The lowest BCUT2D eigenvalue weighted by molar-refractivity contribution is 0.00727. The second-order valence-electron chi connectivity index (χ2n) is 5.01. The van der Waals surface area contributed by atoms with Gasteiger partial charge in [-0.2, -0.15) is 0 Å². The summed E-state index contributed by atoms with van der Waals surface area (Å²) >= 11 is 0. The van der Waals surface area contributed by atoms with Crippen LogP contribution >= 0.6 is 0 Å². The highest BCUT2D eigenvalue weighted by Crippen LogP contribution is 2.39. The molecule has 1 aromatic heterocycles. The first-order chi connectivity index (χ1) is 7.21. The van der Waals surface area contributed by atoms with Crippen LogP contribution in [0.1, 0.15) is 44.8 Å². The predicted molar refractivity (Wildman–Crippen MR) is 59.6 cm³/mol. The number of aliphatic hydroxyl groups is 1. The Bertz CT molecular complexity index is 283. The summed E-state index contributed by atoms with van der Waals surface area (Å²) < 4.78 is 5.28. The van der Waals surface area contributed by atoms with Crippen molar-refractivity contribution in [2.75, 3.05) is 0 Å². The summed E-state index contributed by atoms with van der Waals surface area (Å²) in [4.78, 5) is 0. The van der Waals surface area contributed by atoms with Gasteiger partial charge in [0.2, 0.25) is 0 Å². The van der Waals surface area contributed by atoms with E-state index in [-0.39, 0.29) is 11.5 Å². The third kappa shape index (κ3) is 2.43. The van der Waals surface area contributed by atoms with E-state index >= 15 is 0 Å². The number of hydrogen-bond acceptors (Lipinski definition) is 2. The molecule has 0 aromatic carbocycles. The molecule has 2 nitrogen and oxygen atoms in total. The maximum absolute atomic E-state index is 10.2. The smallest absolute Gasteiger partial charge is 0.106 e. The highest BCUT2D eigenvalue weighted by atomic mass is 16.3. The van der Waals surface area contributed by atoms with Gasteiger partial charge in [0.05, 0.1) is 12.4 Å². The lowest BCUT2D eigenvalue weighted by Crippen LogP contribution is -2.35. The van der Waals surface area contributed by atoms with Crippen LogP contribution in [0, 0.1) is 5.41 Å². The molecule has 0 aliphatic heterocycles. The number of hydrogen-bond donors (Lipinski definition) is 1. The Hall–Kier alpha value is -0.760. The van der Waals surface area contributed by atoms with E-state index in [0.717, 1.165) is 18.6 Å². The lowest BCUT2D eigenvalue weighted by Gasteiger charge is -2.37. The fourth-order valence-electron chi connectivity index (χ4n) is 2.56. The largest absolute Gasteiger partial charge is 0.469 e. The number of furan rings is 1. The highest BCUT2D eigenvalue weighted by molar-refractivity contribution is 5.02. The van der Waals surface area contributed by atoms with E-state index in [1.165, 1.54) is 19.3 Å². The molecule has 1 aromatic rings. The Kier molecular flexibility index (Phi) is 3.15. The molecule has 1 aliphatic carbocycles. The number of rotatable bonds is 3. The van der Waals surface area contributed by atoms with E-state index in [2.05, 4.69) is 6.92 Å². The fraction of sp³-hybridized carbons (Fsp3) is 0.692. The van der Waals surface area contributed by atoms with Gasteiger partial charge in [0.1, 0.15) is 5.76 Å². The van der Waals surface area contributed by atoms with Gasteiger partial charge < -0.3 is 9.52 Å². The van der Waals surface area contributed by atoms with Crippen LogP contribution in [0.4, 0.5) is 0 Å². The molecule has 2 rings (SSSR count). The summed E-state index contributed by atoms with van der Waals surface area (Å²) in [5.74, 6) is 0.897. The van der Waals surface area contributed by atoms with Crippen LogP contribution in [0.25, 0.3) is 0 Å². The molecule has 1 aliphatic rings. The SMILES string of the molecule is CC1(C(O)Cc2ccco2)CCCCC1. The molecule has 1 atom stereocenters. The molecule has 1 heterocycles. The minimum absolute atomic E-state index is 0.102. The van der Waals surface area contributed by atoms with Crippen LogP contribution in [0.15, 0.2) is 22.8 Å². The molecule has 1 N–H and O–H groups in total. The van der Waals surface area contributed by atoms with Gasteiger partial charge in [-0.25, -0.2) is 0 Å². The molecule has 1 fully saturated rings. The molecule has 0 radical (unpaired) electrons. The standard InChI is InChI=1S/C13H20O2/c1-13(7-3-2-4-8-13)12(14)10-11-6-5-9-15-11/h5-6,9,12,14H,2-4,7-8,10H2,1H3. The van der Waals surface area contributed by atoms with Crippen LogP contribution < -0.4 is 0 Å². The summed E-state index contributed by atoms with van der Waals surface area (Å²) in [5, 5.41) is 10.2. The lowest BCUT2D eigenvalue weighted by atomic mass is 9.71. The maximum Gasteiger partial charge on any atom is 0.106 e. The van der Waals surface area contributed by atoms with E-state index in [1.54, 1.807) is 6.26 Å². The predicted octanol–water partition coefficient (Wildman–Crippen LogP) is 3.15. The zero-order valence-electron chi connectivity index (χ0n) is 9.41. The van der Waals surface area contributed by atoms with Gasteiger partial charge in [-0.05, 0) is 30.4 Å². The molecule has 0 spiro atoms. The monoisotopic (exact) mass is 208 g/mol. The second-order valence-corrected chi connectivity index (χ2v) is 5.01. The second kappa shape index (κ2) is 4.40. The Morgan fingerprint density at radius 2 is 2.13 bits per heavy atom. The van der Waals surface area contributed by atoms with Crippen molar-refractivity contribution < 1.29 is 9.52 Å². The first-order valence-electron chi connectivity index (χ1n) is 5.91. The van der Waals surface area contributed by atoms with E-state index in [1.807, 2.05) is 12.1 Å². The topological polar surface area (TPSA) is 33.4 Å². The molecule has 1 saturated carbocycles. The minimum Gasteiger partial charge on any atom is -0.469 e. The highest BCUT2D eigenvalue weighted by Gasteiger charge is 2.34. The van der Waals surface area contributed by atoms with Crippen molar-refractivity contribution >= 4 is 0 Å². The van der Waals surface area contributed by atoms with Gasteiger partial charge >= 0.3 is 0 Å². The summed E-state index contributed by atoms with van der Waals surface area (Å²) in [7, 11) is 0. The van der Waals surface area contributed by atoms with Crippen molar-refractivity contribution in [2.24, 2.45) is 5.41 Å². The van der Waals surface area contributed by atoms with Crippen LogP contribution in [-0.2, 0) is 6.42 Å². The Morgan fingerprint density at radius 3 is 2.73 bits per heavy atom. The van der Waals surface area contributed by atoms with Crippen molar-refractivity contribution in [2.45, 2.75) is 51.6 Å². The molecule has 84 valence electrons. The summed E-state index contributed by atoms with van der Waals surface area (Å²) in [6, 6.07) is 3.82. The third-order valence-corrected chi connectivity index (χ3v) is 3.77. The summed E-state index contributed by atoms with van der Waals surface area (Å²) in [6.07, 6.45) is 8.20. The van der Waals surface area contributed by atoms with Gasteiger partial charge in [0.25, 0.3) is 0 Å². The van der Waals surface area contributed by atoms with Gasteiger partial charge in [0, 0.05) is 6.42 Å². The molecule has 0 saturated heterocycles. The van der Waals surface area contributed by atoms with Gasteiger partial charge in [0.15, 0.2) is 0 Å². The Labute approximate surface area is 91.3 Å². The van der Waals surface area contributed by atoms with E-state index in [4.69, 9.17) is 4.42 Å². The summed E-state index contributed by atoms with van der Waals surface area (Å²) in [5.41, 5.74) is 0.102.